The van der Waals surface area contributed by atoms with Crippen molar-refractivity contribution in [3.8, 4) is 23.0 Å². The highest BCUT2D eigenvalue weighted by atomic mass is 32.2. The molecule has 12 heteroatoms. The van der Waals surface area contributed by atoms with Crippen LogP contribution in [0.5, 0.6) is 11.5 Å². The van der Waals surface area contributed by atoms with E-state index in [1.54, 1.807) is 55.6 Å². The summed E-state index contributed by atoms with van der Waals surface area (Å²) < 4.78 is 50.6. The molecule has 0 saturated heterocycles. The summed E-state index contributed by atoms with van der Waals surface area (Å²) in [7, 11) is -0.911. The second-order valence-corrected chi connectivity index (χ2v) is 8.96. The lowest BCUT2D eigenvalue weighted by Gasteiger charge is -2.23. The van der Waals surface area contributed by atoms with Gasteiger partial charge in [-0.1, -0.05) is 23.4 Å². The molecule has 0 amide bonds. The molecule has 1 aliphatic rings. The van der Waals surface area contributed by atoms with Crippen LogP contribution in [0.4, 0.5) is 0 Å². The lowest BCUT2D eigenvalue weighted by Crippen LogP contribution is -2.31. The first-order valence-corrected chi connectivity index (χ1v) is 11.8. The van der Waals surface area contributed by atoms with Crippen LogP contribution in [0.1, 0.15) is 18.3 Å². The monoisotopic (exact) mass is 498 g/mol. The number of hydrogen-bond donors (Lipinski definition) is 0. The van der Waals surface area contributed by atoms with Crippen LogP contribution in [0, 0.1) is 0 Å². The van der Waals surface area contributed by atoms with Crippen LogP contribution < -0.4 is 9.47 Å². The third kappa shape index (κ3) is 5.49. The average molecular weight is 499 g/mol. The van der Waals surface area contributed by atoms with E-state index in [4.69, 9.17) is 18.7 Å². The highest BCUT2D eigenvalue weighted by molar-refractivity contribution is 7.88. The van der Waals surface area contributed by atoms with Crippen molar-refractivity contribution in [1.29, 1.82) is 0 Å². The van der Waals surface area contributed by atoms with E-state index >= 15 is 0 Å². The van der Waals surface area contributed by atoms with Crippen molar-refractivity contribution < 1.29 is 31.9 Å². The molecule has 1 aromatic heterocycles. The van der Waals surface area contributed by atoms with Crippen molar-refractivity contribution in [2.75, 3.05) is 14.2 Å². The Balaban J connectivity index is 1.46. The Bertz CT molecular complexity index is 1400. The molecule has 0 atom stereocenters. The number of ether oxygens (including phenoxy) is 3. The summed E-state index contributed by atoms with van der Waals surface area (Å²) >= 11 is 0. The van der Waals surface area contributed by atoms with Crippen molar-refractivity contribution in [3.05, 3.63) is 71.7 Å². The normalized spacial score (nSPS) is 14.7. The number of rotatable bonds is 8. The maximum atomic E-state index is 12.7. The fourth-order valence-corrected chi connectivity index (χ4v) is 4.31. The molecule has 182 valence electrons. The summed E-state index contributed by atoms with van der Waals surface area (Å²) in [5.41, 5.74) is 1.35. The molecule has 2 aromatic carbocycles. The Kier molecular flexibility index (Phi) is 6.82. The van der Waals surface area contributed by atoms with E-state index < -0.39 is 16.2 Å². The molecule has 0 radical (unpaired) electrons. The number of nitrogens with zero attached hydrogens (tertiary/aromatic N) is 4. The third-order valence-corrected chi connectivity index (χ3v) is 6.38. The van der Waals surface area contributed by atoms with Crippen LogP contribution >= 0.6 is 0 Å². The zero-order valence-corrected chi connectivity index (χ0v) is 20.0. The van der Waals surface area contributed by atoms with Gasteiger partial charge in [0.1, 0.15) is 11.5 Å². The first kappa shape index (κ1) is 24.0. The zero-order chi connectivity index (χ0) is 25.0. The number of carbonyl (C=O) groups excluding carboxylic acids is 1. The summed E-state index contributed by atoms with van der Waals surface area (Å²) in [4.78, 5) is 16.9. The fraction of sp³-hybridized carbons (Fsp3) is 0.217. The number of methoxy groups -OCH3 is 2. The number of esters is 1. The van der Waals surface area contributed by atoms with Gasteiger partial charge in [0.15, 0.2) is 6.61 Å². The molecule has 0 bridgehead atoms. The second kappa shape index (κ2) is 9.97. The van der Waals surface area contributed by atoms with Crippen molar-refractivity contribution >= 4 is 21.9 Å². The molecule has 0 N–H and O–H groups in total. The predicted octanol–water partition coefficient (Wildman–Crippen LogP) is 2.90. The van der Waals surface area contributed by atoms with E-state index in [1.807, 2.05) is 0 Å². The average Bonchev–Trinajstić information content (AvgIpc) is 3.33. The maximum absolute atomic E-state index is 12.7. The van der Waals surface area contributed by atoms with E-state index in [9.17, 15) is 13.2 Å². The van der Waals surface area contributed by atoms with E-state index in [0.717, 1.165) is 4.31 Å². The minimum absolute atomic E-state index is 0.00449. The second-order valence-electron chi connectivity index (χ2n) is 7.41. The quantitative estimate of drug-likeness (QED) is 0.430. The largest absolute Gasteiger partial charge is 0.497 e. The fourth-order valence-electron chi connectivity index (χ4n) is 3.21. The van der Waals surface area contributed by atoms with Gasteiger partial charge in [-0.05, 0) is 42.8 Å². The summed E-state index contributed by atoms with van der Waals surface area (Å²) in [5, 5.41) is 3.82. The molecule has 3 aromatic rings. The Labute approximate surface area is 201 Å². The minimum atomic E-state index is -4.00. The summed E-state index contributed by atoms with van der Waals surface area (Å²) in [5.74, 6) is 0.876. The van der Waals surface area contributed by atoms with Crippen molar-refractivity contribution in [2.45, 2.75) is 20.1 Å². The van der Waals surface area contributed by atoms with Crippen molar-refractivity contribution in [1.82, 2.24) is 14.4 Å². The Hall–Kier alpha value is -4.19. The van der Waals surface area contributed by atoms with Gasteiger partial charge in [0, 0.05) is 11.8 Å². The lowest BCUT2D eigenvalue weighted by atomic mass is 10.2. The van der Waals surface area contributed by atoms with E-state index in [-0.39, 0.29) is 36.2 Å². The molecule has 0 saturated carbocycles. The van der Waals surface area contributed by atoms with Crippen LogP contribution in [-0.2, 0) is 32.9 Å². The van der Waals surface area contributed by atoms with Crippen LogP contribution in [0.2, 0.25) is 0 Å². The molecule has 4 rings (SSSR count). The number of benzene rings is 2. The third-order valence-electron chi connectivity index (χ3n) is 5.05. The Morgan fingerprint density at radius 1 is 1.06 bits per heavy atom. The van der Waals surface area contributed by atoms with Gasteiger partial charge < -0.3 is 18.7 Å². The van der Waals surface area contributed by atoms with Crippen LogP contribution in [-0.4, -0.2) is 48.8 Å². The van der Waals surface area contributed by atoms with Crippen molar-refractivity contribution in [3.63, 3.8) is 0 Å². The van der Waals surface area contributed by atoms with Gasteiger partial charge in [-0.2, -0.15) is 13.4 Å². The molecule has 11 nitrogen and oxygen atoms in total. The highest BCUT2D eigenvalue weighted by Gasteiger charge is 2.29. The predicted molar refractivity (Wildman–Crippen MR) is 125 cm³/mol. The van der Waals surface area contributed by atoms with Gasteiger partial charge in [0.25, 0.3) is 5.89 Å². The van der Waals surface area contributed by atoms with Gasteiger partial charge in [-0.25, -0.2) is 4.79 Å². The zero-order valence-electron chi connectivity index (χ0n) is 19.2. The number of carbonyl (C=O) groups is 1. The highest BCUT2D eigenvalue weighted by Crippen LogP contribution is 2.24. The molecule has 0 spiro atoms. The van der Waals surface area contributed by atoms with Gasteiger partial charge in [0.05, 0.1) is 32.0 Å². The number of aromatic nitrogens is 2. The molecule has 1 aliphatic heterocycles. The first-order valence-electron chi connectivity index (χ1n) is 10.4. The van der Waals surface area contributed by atoms with Crippen LogP contribution in [0.3, 0.4) is 0 Å². The summed E-state index contributed by atoms with van der Waals surface area (Å²) in [6.45, 7) is 1.13. The molecule has 2 heterocycles. The van der Waals surface area contributed by atoms with E-state index in [2.05, 4.69) is 14.5 Å². The topological polar surface area (TPSA) is 133 Å². The molecule has 0 fully saturated rings. The van der Waals surface area contributed by atoms with Gasteiger partial charge in [-0.15, -0.1) is 4.40 Å². The lowest BCUT2D eigenvalue weighted by molar-refractivity contribution is -0.140. The minimum Gasteiger partial charge on any atom is -0.497 e. The van der Waals surface area contributed by atoms with Gasteiger partial charge in [-0.3, -0.25) is 4.31 Å². The first-order chi connectivity index (χ1) is 16.8. The SMILES string of the molecule is COc1ccc(CN2C=C(C(=O)OCc3noc(-c4cccc(OC)c4)n3)C(C)=NS2(=O)=O)cc1. The smallest absolute Gasteiger partial charge is 0.344 e. The maximum Gasteiger partial charge on any atom is 0.344 e. The van der Waals surface area contributed by atoms with Gasteiger partial charge in [0.2, 0.25) is 5.82 Å². The van der Waals surface area contributed by atoms with Crippen LogP contribution in [0.25, 0.3) is 11.5 Å². The van der Waals surface area contributed by atoms with E-state index in [0.29, 0.717) is 22.6 Å². The molecular weight excluding hydrogens is 476 g/mol. The molecule has 35 heavy (non-hydrogen) atoms. The van der Waals surface area contributed by atoms with Crippen molar-refractivity contribution in [2.24, 2.45) is 4.40 Å². The molecule has 0 unspecified atom stereocenters. The summed E-state index contributed by atoms with van der Waals surface area (Å²) in [6, 6.07) is 13.9. The Morgan fingerprint density at radius 2 is 1.80 bits per heavy atom. The van der Waals surface area contributed by atoms with E-state index in [1.165, 1.54) is 20.2 Å². The standard InChI is InChI=1S/C23H22N4O7S/c1-15-20(13-27(35(29,30)26-15)12-16-7-9-18(31-2)10-8-16)23(28)33-14-21-24-22(34-25-21)17-5-4-6-19(11-17)32-3/h4-11,13H,12,14H2,1-3H3. The number of hydrogen-bond acceptors (Lipinski definition) is 9. The Morgan fingerprint density at radius 3 is 2.51 bits per heavy atom. The summed E-state index contributed by atoms with van der Waals surface area (Å²) in [6.07, 6.45) is 1.21. The van der Waals surface area contributed by atoms with Gasteiger partial charge >= 0.3 is 16.2 Å². The molecule has 0 aliphatic carbocycles. The van der Waals surface area contributed by atoms with Crippen LogP contribution in [0.15, 0.2) is 69.2 Å². The molecular formula is C23H22N4O7S.